The van der Waals surface area contributed by atoms with Crippen molar-refractivity contribution in [3.05, 3.63) is 34.9 Å². The molecule has 2 N–H and O–H groups in total. The Balaban J connectivity index is 2.33. The number of carbonyl (C=O) groups is 1. The van der Waals surface area contributed by atoms with Crippen molar-refractivity contribution in [2.75, 3.05) is 13.2 Å². The van der Waals surface area contributed by atoms with Crippen molar-refractivity contribution in [2.45, 2.75) is 13.0 Å². The molecule has 0 saturated heterocycles. The molecule has 14 heavy (non-hydrogen) atoms. The molecular formula is C11H13NO2. The zero-order valence-corrected chi connectivity index (χ0v) is 7.95. The van der Waals surface area contributed by atoms with Gasteiger partial charge in [-0.1, -0.05) is 12.1 Å². The van der Waals surface area contributed by atoms with Crippen molar-refractivity contribution in [1.29, 1.82) is 0 Å². The number of ether oxygens (including phenoxy) is 1. The highest BCUT2D eigenvalue weighted by Gasteiger charge is 2.11. The van der Waals surface area contributed by atoms with Gasteiger partial charge < -0.3 is 10.5 Å². The molecule has 0 aromatic heterocycles. The number of Topliss-reactive ketones (excluding diaryl/α,β-unsaturated/α-hetero) is 1. The molecule has 74 valence electrons. The molecule has 3 heteroatoms. The van der Waals surface area contributed by atoms with Gasteiger partial charge in [-0.2, -0.15) is 0 Å². The van der Waals surface area contributed by atoms with Crippen molar-refractivity contribution in [3.8, 4) is 0 Å². The average molecular weight is 191 g/mol. The van der Waals surface area contributed by atoms with Crippen LogP contribution < -0.4 is 5.73 Å². The maximum atomic E-state index is 11.3. The van der Waals surface area contributed by atoms with E-state index in [1.54, 1.807) is 0 Å². The molecule has 0 bridgehead atoms. The summed E-state index contributed by atoms with van der Waals surface area (Å²) in [6.07, 6.45) is 0.890. The van der Waals surface area contributed by atoms with Crippen LogP contribution in [0.2, 0.25) is 0 Å². The molecule has 1 heterocycles. The number of nitrogens with two attached hydrogens (primary N) is 1. The van der Waals surface area contributed by atoms with Gasteiger partial charge in [-0.3, -0.25) is 4.79 Å². The summed E-state index contributed by atoms with van der Waals surface area (Å²) < 4.78 is 5.31. The zero-order chi connectivity index (χ0) is 9.97. The summed E-state index contributed by atoms with van der Waals surface area (Å²) in [5.74, 6) is -0.000656. The monoisotopic (exact) mass is 191 g/mol. The Kier molecular flexibility index (Phi) is 2.61. The number of benzene rings is 1. The Morgan fingerprint density at radius 3 is 3.07 bits per heavy atom. The molecular weight excluding hydrogens is 178 g/mol. The second kappa shape index (κ2) is 3.90. The fraction of sp³-hybridized carbons (Fsp3) is 0.364. The highest BCUT2D eigenvalue weighted by Crippen LogP contribution is 2.18. The summed E-state index contributed by atoms with van der Waals surface area (Å²) in [6, 6.07) is 5.72. The lowest BCUT2D eigenvalue weighted by Gasteiger charge is -2.16. The average Bonchev–Trinajstić information content (AvgIpc) is 2.27. The predicted molar refractivity (Wildman–Crippen MR) is 53.2 cm³/mol. The van der Waals surface area contributed by atoms with Crippen LogP contribution in [0, 0.1) is 0 Å². The van der Waals surface area contributed by atoms with E-state index in [9.17, 15) is 4.79 Å². The first kappa shape index (κ1) is 9.37. The normalized spacial score (nSPS) is 14.9. The SMILES string of the molecule is NCC(=O)c1ccc2c(c1)CCOC2. The van der Waals surface area contributed by atoms with Gasteiger partial charge >= 0.3 is 0 Å². The zero-order valence-electron chi connectivity index (χ0n) is 7.95. The summed E-state index contributed by atoms with van der Waals surface area (Å²) >= 11 is 0. The Bertz CT molecular complexity index is 360. The van der Waals surface area contributed by atoms with Gasteiger partial charge in [0.05, 0.1) is 19.8 Å². The van der Waals surface area contributed by atoms with Gasteiger partial charge in [0.15, 0.2) is 5.78 Å². The first-order valence-corrected chi connectivity index (χ1v) is 4.74. The summed E-state index contributed by atoms with van der Waals surface area (Å²) in [6.45, 7) is 1.48. The van der Waals surface area contributed by atoms with Crippen molar-refractivity contribution in [3.63, 3.8) is 0 Å². The minimum Gasteiger partial charge on any atom is -0.376 e. The molecule has 3 nitrogen and oxygen atoms in total. The Morgan fingerprint density at radius 1 is 1.43 bits per heavy atom. The minimum absolute atomic E-state index is 0.000656. The van der Waals surface area contributed by atoms with Gasteiger partial charge in [0.1, 0.15) is 0 Å². The molecule has 0 spiro atoms. The van der Waals surface area contributed by atoms with E-state index in [2.05, 4.69) is 0 Å². The van der Waals surface area contributed by atoms with Crippen molar-refractivity contribution in [1.82, 2.24) is 0 Å². The van der Waals surface area contributed by atoms with Crippen LogP contribution >= 0.6 is 0 Å². The number of rotatable bonds is 2. The summed E-state index contributed by atoms with van der Waals surface area (Å²) in [7, 11) is 0. The molecule has 0 amide bonds. The molecule has 1 aliphatic heterocycles. The molecule has 2 rings (SSSR count). The molecule has 1 aliphatic rings. The maximum absolute atomic E-state index is 11.3. The highest BCUT2D eigenvalue weighted by molar-refractivity contribution is 5.97. The topological polar surface area (TPSA) is 52.3 Å². The van der Waals surface area contributed by atoms with E-state index in [1.807, 2.05) is 18.2 Å². The van der Waals surface area contributed by atoms with Crippen LogP contribution in [0.25, 0.3) is 0 Å². The van der Waals surface area contributed by atoms with Gasteiger partial charge in [0, 0.05) is 5.56 Å². The van der Waals surface area contributed by atoms with E-state index < -0.39 is 0 Å². The van der Waals surface area contributed by atoms with Gasteiger partial charge in [0.25, 0.3) is 0 Å². The van der Waals surface area contributed by atoms with Crippen molar-refractivity contribution >= 4 is 5.78 Å². The molecule has 0 atom stereocenters. The van der Waals surface area contributed by atoms with Crippen molar-refractivity contribution in [2.24, 2.45) is 5.73 Å². The third-order valence-corrected chi connectivity index (χ3v) is 2.49. The third-order valence-electron chi connectivity index (χ3n) is 2.49. The minimum atomic E-state index is -0.000656. The Morgan fingerprint density at radius 2 is 2.29 bits per heavy atom. The van der Waals surface area contributed by atoms with Crippen LogP contribution in [0.15, 0.2) is 18.2 Å². The van der Waals surface area contributed by atoms with Gasteiger partial charge in [-0.25, -0.2) is 0 Å². The highest BCUT2D eigenvalue weighted by atomic mass is 16.5. The van der Waals surface area contributed by atoms with Gasteiger partial charge in [0.2, 0.25) is 0 Å². The van der Waals surface area contributed by atoms with E-state index in [0.717, 1.165) is 13.0 Å². The number of hydrogen-bond acceptors (Lipinski definition) is 3. The smallest absolute Gasteiger partial charge is 0.176 e. The second-order valence-electron chi connectivity index (χ2n) is 3.41. The van der Waals surface area contributed by atoms with E-state index in [-0.39, 0.29) is 12.3 Å². The Hall–Kier alpha value is -1.19. The fourth-order valence-electron chi connectivity index (χ4n) is 1.66. The van der Waals surface area contributed by atoms with E-state index in [0.29, 0.717) is 12.2 Å². The molecule has 1 aromatic carbocycles. The third kappa shape index (κ3) is 1.69. The standard InChI is InChI=1S/C11H13NO2/c12-6-11(13)9-1-2-10-7-14-4-3-8(10)5-9/h1-2,5H,3-4,6-7,12H2. The summed E-state index contributed by atoms with van der Waals surface area (Å²) in [5.41, 5.74) is 8.42. The van der Waals surface area contributed by atoms with Crippen LogP contribution in [0.4, 0.5) is 0 Å². The van der Waals surface area contributed by atoms with Gasteiger partial charge in [-0.05, 0) is 23.6 Å². The summed E-state index contributed by atoms with van der Waals surface area (Å²) in [5, 5.41) is 0. The molecule has 0 aliphatic carbocycles. The molecule has 1 aromatic rings. The maximum Gasteiger partial charge on any atom is 0.176 e. The second-order valence-corrected chi connectivity index (χ2v) is 3.41. The lowest BCUT2D eigenvalue weighted by atomic mass is 9.99. The van der Waals surface area contributed by atoms with E-state index in [1.165, 1.54) is 11.1 Å². The van der Waals surface area contributed by atoms with Crippen LogP contribution in [-0.4, -0.2) is 18.9 Å². The van der Waals surface area contributed by atoms with Crippen LogP contribution in [0.3, 0.4) is 0 Å². The van der Waals surface area contributed by atoms with Gasteiger partial charge in [-0.15, -0.1) is 0 Å². The Labute approximate surface area is 82.9 Å². The fourth-order valence-corrected chi connectivity index (χ4v) is 1.66. The molecule has 0 saturated carbocycles. The largest absolute Gasteiger partial charge is 0.376 e. The number of carbonyl (C=O) groups excluding carboxylic acids is 1. The van der Waals surface area contributed by atoms with Crippen LogP contribution in [0.5, 0.6) is 0 Å². The molecule has 0 radical (unpaired) electrons. The summed E-state index contributed by atoms with van der Waals surface area (Å²) in [4.78, 5) is 11.3. The number of hydrogen-bond donors (Lipinski definition) is 1. The lowest BCUT2D eigenvalue weighted by molar-refractivity contribution is 0.0998. The van der Waals surface area contributed by atoms with Crippen molar-refractivity contribution < 1.29 is 9.53 Å². The van der Waals surface area contributed by atoms with E-state index >= 15 is 0 Å². The number of fused-ring (bicyclic) bond motifs is 1. The van der Waals surface area contributed by atoms with Crippen LogP contribution in [-0.2, 0) is 17.8 Å². The first-order chi connectivity index (χ1) is 6.81. The van der Waals surface area contributed by atoms with Crippen LogP contribution in [0.1, 0.15) is 21.5 Å². The molecule has 0 unspecified atom stereocenters. The quantitative estimate of drug-likeness (QED) is 0.707. The molecule has 0 fully saturated rings. The first-order valence-electron chi connectivity index (χ1n) is 4.74. The number of ketones is 1. The predicted octanol–water partition coefficient (Wildman–Crippen LogP) is 0.901. The van der Waals surface area contributed by atoms with E-state index in [4.69, 9.17) is 10.5 Å². The lowest BCUT2D eigenvalue weighted by Crippen LogP contribution is -2.16.